The lowest BCUT2D eigenvalue weighted by Crippen LogP contribution is -2.19. The molecule has 0 saturated carbocycles. The molecule has 0 aliphatic rings. The van der Waals surface area contributed by atoms with Gasteiger partial charge in [-0.25, -0.2) is 0 Å². The van der Waals surface area contributed by atoms with Gasteiger partial charge in [0.05, 0.1) is 6.61 Å². The van der Waals surface area contributed by atoms with E-state index in [0.29, 0.717) is 0 Å². The Morgan fingerprint density at radius 2 is 2.11 bits per heavy atom. The molecular weight excluding hydrogens is 292 g/mol. The third kappa shape index (κ3) is 5.85. The maximum atomic E-state index is 5.75. The van der Waals surface area contributed by atoms with Crippen LogP contribution in [0, 0.1) is 0 Å². The molecule has 0 atom stereocenters. The number of benzene rings is 1. The number of nitrogens with one attached hydrogen (secondary N) is 2. The van der Waals surface area contributed by atoms with E-state index in [4.69, 9.17) is 4.74 Å². The van der Waals surface area contributed by atoms with Gasteiger partial charge in [0.25, 0.3) is 0 Å². The zero-order chi connectivity index (χ0) is 13.2. The van der Waals surface area contributed by atoms with Gasteiger partial charge in [-0.2, -0.15) is 0 Å². The van der Waals surface area contributed by atoms with Crippen LogP contribution in [0.2, 0.25) is 0 Å². The molecule has 102 valence electrons. The molecule has 0 aliphatic carbocycles. The summed E-state index contributed by atoms with van der Waals surface area (Å²) in [5.74, 6) is 0.987. The van der Waals surface area contributed by atoms with E-state index in [-0.39, 0.29) is 0 Å². The first-order valence-electron chi connectivity index (χ1n) is 6.54. The van der Waals surface area contributed by atoms with Crippen molar-refractivity contribution in [3.63, 3.8) is 0 Å². The highest BCUT2D eigenvalue weighted by Crippen LogP contribution is 2.23. The molecule has 3 nitrogen and oxygen atoms in total. The summed E-state index contributed by atoms with van der Waals surface area (Å²) in [6, 6.07) is 6.18. The summed E-state index contributed by atoms with van der Waals surface area (Å²) in [5, 5.41) is 6.58. The largest absolute Gasteiger partial charge is 0.493 e. The molecule has 1 aromatic rings. The summed E-state index contributed by atoms with van der Waals surface area (Å²) in [6.07, 6.45) is 2.17. The Kier molecular flexibility index (Phi) is 8.05. The van der Waals surface area contributed by atoms with E-state index >= 15 is 0 Å². The Hall–Kier alpha value is -0.580. The second-order valence-corrected chi connectivity index (χ2v) is 5.15. The van der Waals surface area contributed by atoms with Crippen molar-refractivity contribution in [1.29, 1.82) is 0 Å². The molecule has 2 N–H and O–H groups in total. The van der Waals surface area contributed by atoms with Gasteiger partial charge in [-0.3, -0.25) is 0 Å². The van der Waals surface area contributed by atoms with Crippen LogP contribution in [0.5, 0.6) is 5.75 Å². The van der Waals surface area contributed by atoms with Gasteiger partial charge in [0, 0.05) is 16.6 Å². The van der Waals surface area contributed by atoms with E-state index in [1.54, 1.807) is 0 Å². The SMILES string of the molecule is CCCOc1ccc(Br)cc1CNCCCNC. The second kappa shape index (κ2) is 9.36. The van der Waals surface area contributed by atoms with E-state index in [2.05, 4.69) is 39.6 Å². The van der Waals surface area contributed by atoms with E-state index in [1.807, 2.05) is 19.2 Å². The molecule has 0 heterocycles. The van der Waals surface area contributed by atoms with Crippen LogP contribution in [-0.4, -0.2) is 26.7 Å². The third-order valence-corrected chi connectivity index (χ3v) is 3.07. The van der Waals surface area contributed by atoms with E-state index in [0.717, 1.165) is 49.3 Å². The lowest BCUT2D eigenvalue weighted by Gasteiger charge is -2.12. The first kappa shape index (κ1) is 15.5. The first-order valence-corrected chi connectivity index (χ1v) is 7.33. The minimum Gasteiger partial charge on any atom is -0.493 e. The fourth-order valence-corrected chi connectivity index (χ4v) is 2.06. The number of hydrogen-bond acceptors (Lipinski definition) is 3. The highest BCUT2D eigenvalue weighted by atomic mass is 79.9. The minimum absolute atomic E-state index is 0.772. The van der Waals surface area contributed by atoms with E-state index in [9.17, 15) is 0 Å². The molecule has 1 aromatic carbocycles. The Morgan fingerprint density at radius 3 is 2.83 bits per heavy atom. The summed E-state index contributed by atoms with van der Waals surface area (Å²) in [6.45, 7) is 5.80. The third-order valence-electron chi connectivity index (χ3n) is 2.58. The van der Waals surface area contributed by atoms with Crippen molar-refractivity contribution in [1.82, 2.24) is 10.6 Å². The highest BCUT2D eigenvalue weighted by molar-refractivity contribution is 9.10. The zero-order valence-electron chi connectivity index (χ0n) is 11.3. The maximum absolute atomic E-state index is 5.75. The molecular formula is C14H23BrN2O. The van der Waals surface area contributed by atoms with Crippen LogP contribution in [0.15, 0.2) is 22.7 Å². The number of hydrogen-bond donors (Lipinski definition) is 2. The topological polar surface area (TPSA) is 33.3 Å². The number of rotatable bonds is 9. The fraction of sp³-hybridized carbons (Fsp3) is 0.571. The first-order chi connectivity index (χ1) is 8.77. The van der Waals surface area contributed by atoms with Crippen molar-refractivity contribution < 1.29 is 4.74 Å². The number of halogens is 1. The standard InChI is InChI=1S/C14H23BrN2O/c1-3-9-18-14-6-5-13(15)10-12(14)11-17-8-4-7-16-2/h5-6,10,16-17H,3-4,7-9,11H2,1-2H3. The molecule has 0 amide bonds. The number of ether oxygens (including phenoxy) is 1. The van der Waals surface area contributed by atoms with Crippen LogP contribution < -0.4 is 15.4 Å². The van der Waals surface area contributed by atoms with Crippen LogP contribution in [0.1, 0.15) is 25.3 Å². The fourth-order valence-electron chi connectivity index (χ4n) is 1.65. The molecule has 0 fully saturated rings. The summed E-state index contributed by atoms with van der Waals surface area (Å²) in [7, 11) is 1.98. The van der Waals surface area contributed by atoms with Crippen molar-refractivity contribution in [2.45, 2.75) is 26.3 Å². The molecule has 0 aromatic heterocycles. The smallest absolute Gasteiger partial charge is 0.123 e. The van der Waals surface area contributed by atoms with Crippen LogP contribution in [0.4, 0.5) is 0 Å². The monoisotopic (exact) mass is 314 g/mol. The predicted octanol–water partition coefficient (Wildman–Crippen LogP) is 2.94. The lowest BCUT2D eigenvalue weighted by molar-refractivity contribution is 0.313. The van der Waals surface area contributed by atoms with E-state index < -0.39 is 0 Å². The normalized spacial score (nSPS) is 10.6. The van der Waals surface area contributed by atoms with Crippen LogP contribution in [0.3, 0.4) is 0 Å². The molecule has 18 heavy (non-hydrogen) atoms. The zero-order valence-corrected chi connectivity index (χ0v) is 12.8. The van der Waals surface area contributed by atoms with Gasteiger partial charge in [-0.05, 0) is 51.2 Å². The quantitative estimate of drug-likeness (QED) is 0.688. The Morgan fingerprint density at radius 1 is 1.28 bits per heavy atom. The van der Waals surface area contributed by atoms with Crippen molar-refractivity contribution in [3.05, 3.63) is 28.2 Å². The van der Waals surface area contributed by atoms with Gasteiger partial charge in [-0.1, -0.05) is 22.9 Å². The highest BCUT2D eigenvalue weighted by Gasteiger charge is 2.04. The van der Waals surface area contributed by atoms with Gasteiger partial charge < -0.3 is 15.4 Å². The molecule has 0 spiro atoms. The molecule has 4 heteroatoms. The molecule has 0 saturated heterocycles. The summed E-state index contributed by atoms with van der Waals surface area (Å²) >= 11 is 3.51. The van der Waals surface area contributed by atoms with Gasteiger partial charge in [0.15, 0.2) is 0 Å². The van der Waals surface area contributed by atoms with Crippen molar-refractivity contribution in [3.8, 4) is 5.75 Å². The average molecular weight is 315 g/mol. The van der Waals surface area contributed by atoms with Gasteiger partial charge >= 0.3 is 0 Å². The second-order valence-electron chi connectivity index (χ2n) is 4.23. The van der Waals surface area contributed by atoms with Gasteiger partial charge in [0.1, 0.15) is 5.75 Å². The molecule has 0 radical (unpaired) electrons. The summed E-state index contributed by atoms with van der Waals surface area (Å²) in [5.41, 5.74) is 1.21. The van der Waals surface area contributed by atoms with Gasteiger partial charge in [0.2, 0.25) is 0 Å². The molecule has 0 unspecified atom stereocenters. The molecule has 1 rings (SSSR count). The minimum atomic E-state index is 0.772. The molecule has 0 bridgehead atoms. The summed E-state index contributed by atoms with van der Waals surface area (Å²) in [4.78, 5) is 0. The van der Waals surface area contributed by atoms with Crippen LogP contribution >= 0.6 is 15.9 Å². The van der Waals surface area contributed by atoms with Crippen molar-refractivity contribution in [2.24, 2.45) is 0 Å². The predicted molar refractivity (Wildman–Crippen MR) is 80.2 cm³/mol. The van der Waals surface area contributed by atoms with Crippen LogP contribution in [-0.2, 0) is 6.54 Å². The van der Waals surface area contributed by atoms with Crippen molar-refractivity contribution >= 4 is 15.9 Å². The van der Waals surface area contributed by atoms with Gasteiger partial charge in [-0.15, -0.1) is 0 Å². The van der Waals surface area contributed by atoms with Crippen molar-refractivity contribution in [2.75, 3.05) is 26.7 Å². The Labute approximate surface area is 118 Å². The summed E-state index contributed by atoms with van der Waals surface area (Å²) < 4.78 is 6.84. The Bertz CT molecular complexity index is 345. The molecule has 0 aliphatic heterocycles. The van der Waals surface area contributed by atoms with Crippen LogP contribution in [0.25, 0.3) is 0 Å². The van der Waals surface area contributed by atoms with E-state index in [1.165, 1.54) is 5.56 Å². The maximum Gasteiger partial charge on any atom is 0.123 e. The Balaban J connectivity index is 2.47. The lowest BCUT2D eigenvalue weighted by atomic mass is 10.2. The average Bonchev–Trinajstić information content (AvgIpc) is 2.37.